The number of hydrogen-bond donors (Lipinski definition) is 0. The summed E-state index contributed by atoms with van der Waals surface area (Å²) in [5.74, 6) is 0. The van der Waals surface area contributed by atoms with Gasteiger partial charge >= 0.3 is 88.8 Å². The van der Waals surface area contributed by atoms with Crippen molar-refractivity contribution >= 4 is 8.60 Å². The van der Waals surface area contributed by atoms with E-state index in [0.717, 1.165) is 12.8 Å². The first kappa shape index (κ1) is 36.1. The van der Waals surface area contributed by atoms with Crippen molar-refractivity contribution in [2.24, 2.45) is 0 Å². The first-order valence-electron chi connectivity index (χ1n) is 13.3. The fraction of sp³-hybridized carbons (Fsp3) is 1.00. The Bertz CT molecular complexity index is 333. The van der Waals surface area contributed by atoms with E-state index in [-0.39, 0.29) is 18.3 Å². The summed E-state index contributed by atoms with van der Waals surface area (Å²) in [6.45, 7) is 17.6. The van der Waals surface area contributed by atoms with Gasteiger partial charge in [0.05, 0.1) is 21.8 Å². The van der Waals surface area contributed by atoms with Crippen LogP contribution < -0.4 is 4.89 Å². The maximum atomic E-state index is 11.4. The minimum absolute atomic E-state index is 0.187. The Balaban J connectivity index is 0. The van der Waals surface area contributed by atoms with Crippen LogP contribution in [0.2, 0.25) is 0 Å². The van der Waals surface area contributed by atoms with Gasteiger partial charge in [-0.05, 0) is 12.8 Å². The smallest absolute Gasteiger partial charge is 0.0828 e. The molecule has 0 aromatic carbocycles. The van der Waals surface area contributed by atoms with Gasteiger partial charge in [-0.2, -0.15) is 0 Å². The SMILES string of the molecule is CC(C)[O][Ti+]([O]C(C)C)[O]C(C)C.CCCCCCCCOP([O-])OCCCCCCCC. The molecule has 0 aromatic heterocycles. The van der Waals surface area contributed by atoms with Gasteiger partial charge in [0.1, 0.15) is 0 Å². The minimum atomic E-state index is -2.18. The van der Waals surface area contributed by atoms with Crippen LogP contribution >= 0.6 is 8.60 Å². The third-order valence-corrected chi connectivity index (χ3v) is 8.28. The van der Waals surface area contributed by atoms with E-state index in [9.17, 15) is 4.89 Å². The molecule has 0 saturated carbocycles. The molecule has 0 atom stereocenters. The van der Waals surface area contributed by atoms with Crippen LogP contribution in [0.1, 0.15) is 132 Å². The van der Waals surface area contributed by atoms with Gasteiger partial charge in [0.25, 0.3) is 0 Å². The van der Waals surface area contributed by atoms with E-state index in [1.54, 1.807) is 0 Å². The standard InChI is InChI=1S/C16H34O3P.3C3H7O.Ti/c1-3-5-7-9-11-13-15-18-20(17)19-16-14-12-10-8-6-4-2;3*1-3(2)4;/h3-16H2,1-2H3;3*3H,1-2H3;/q4*-1;+4. The molecule has 0 N–H and O–H groups in total. The van der Waals surface area contributed by atoms with E-state index in [2.05, 4.69) is 13.8 Å². The first-order valence-corrected chi connectivity index (χ1v) is 16.3. The monoisotopic (exact) mass is 530 g/mol. The Labute approximate surface area is 215 Å². The van der Waals surface area contributed by atoms with Gasteiger partial charge in [-0.3, -0.25) is 0 Å². The summed E-state index contributed by atoms with van der Waals surface area (Å²) < 4.78 is 27.1. The van der Waals surface area contributed by atoms with Crippen molar-refractivity contribution < 1.29 is 42.9 Å². The van der Waals surface area contributed by atoms with Crippen LogP contribution in [0.15, 0.2) is 0 Å². The van der Waals surface area contributed by atoms with E-state index in [0.29, 0.717) is 13.2 Å². The van der Waals surface area contributed by atoms with E-state index >= 15 is 0 Å². The van der Waals surface area contributed by atoms with Crippen molar-refractivity contribution in [3.63, 3.8) is 0 Å². The summed E-state index contributed by atoms with van der Waals surface area (Å²) in [4.78, 5) is 11.4. The fourth-order valence-corrected chi connectivity index (χ4v) is 5.44. The average molecular weight is 531 g/mol. The summed E-state index contributed by atoms with van der Waals surface area (Å²) in [7, 11) is -1.89. The van der Waals surface area contributed by atoms with Gasteiger partial charge in [-0.1, -0.05) is 78.1 Å². The molecule has 0 radical (unpaired) electrons. The minimum Gasteiger partial charge on any atom is -0.786 e. The third-order valence-electron chi connectivity index (χ3n) is 4.38. The first-order chi connectivity index (χ1) is 15.7. The molecule has 0 saturated heterocycles. The van der Waals surface area contributed by atoms with Crippen LogP contribution in [0, 0.1) is 0 Å². The fourth-order valence-electron chi connectivity index (χ4n) is 2.74. The second kappa shape index (κ2) is 27.5. The topological polar surface area (TPSA) is 69.2 Å². The predicted molar refractivity (Wildman–Crippen MR) is 134 cm³/mol. The molecule has 0 unspecified atom stereocenters. The third kappa shape index (κ3) is 32.9. The van der Waals surface area contributed by atoms with Crippen molar-refractivity contribution in [2.45, 2.75) is 151 Å². The van der Waals surface area contributed by atoms with Gasteiger partial charge < -0.3 is 13.9 Å². The van der Waals surface area contributed by atoms with E-state index in [1.165, 1.54) is 64.2 Å². The molecule has 0 bridgehead atoms. The quantitative estimate of drug-likeness (QED) is 0.0804. The van der Waals surface area contributed by atoms with Crippen LogP contribution in [0.25, 0.3) is 0 Å². The van der Waals surface area contributed by atoms with Crippen molar-refractivity contribution in [3.8, 4) is 0 Å². The summed E-state index contributed by atoms with van der Waals surface area (Å²) in [6.07, 6.45) is 15.2. The summed E-state index contributed by atoms with van der Waals surface area (Å²) in [5, 5.41) is 0. The van der Waals surface area contributed by atoms with Crippen LogP contribution in [0.5, 0.6) is 0 Å². The molecule has 200 valence electrons. The number of rotatable bonds is 22. The van der Waals surface area contributed by atoms with Gasteiger partial charge in [0.15, 0.2) is 0 Å². The van der Waals surface area contributed by atoms with Crippen molar-refractivity contribution in [1.82, 2.24) is 0 Å². The zero-order chi connectivity index (χ0) is 25.3. The predicted octanol–water partition coefficient (Wildman–Crippen LogP) is 7.95. The number of unbranched alkanes of at least 4 members (excludes halogenated alkanes) is 10. The average Bonchev–Trinajstić information content (AvgIpc) is 2.71. The van der Waals surface area contributed by atoms with Gasteiger partial charge in [0, 0.05) is 0 Å². The molecule has 33 heavy (non-hydrogen) atoms. The zero-order valence-electron chi connectivity index (χ0n) is 23.0. The molecule has 0 rings (SSSR count). The molecular formula is C25H55O6PTi. The molecule has 0 aliphatic carbocycles. The van der Waals surface area contributed by atoms with Crippen molar-refractivity contribution in [3.05, 3.63) is 0 Å². The van der Waals surface area contributed by atoms with Gasteiger partial charge in [0.2, 0.25) is 0 Å². The maximum absolute atomic E-state index is 11.4. The molecule has 6 nitrogen and oxygen atoms in total. The Morgan fingerprint density at radius 3 is 1.15 bits per heavy atom. The van der Waals surface area contributed by atoms with E-state index < -0.39 is 27.6 Å². The van der Waals surface area contributed by atoms with Crippen LogP contribution in [0.4, 0.5) is 0 Å². The second-order valence-electron chi connectivity index (χ2n) is 9.18. The Hall–Kier alpha value is 0.904. The Morgan fingerprint density at radius 1 is 0.545 bits per heavy atom. The molecule has 0 amide bonds. The molecule has 8 heteroatoms. The molecule has 0 fully saturated rings. The van der Waals surface area contributed by atoms with Crippen LogP contribution in [-0.2, 0) is 38.0 Å². The molecule has 0 spiro atoms. The molecule has 0 aliphatic heterocycles. The Morgan fingerprint density at radius 2 is 0.848 bits per heavy atom. The largest absolute Gasteiger partial charge is 0.786 e. The van der Waals surface area contributed by atoms with Crippen LogP contribution in [-0.4, -0.2) is 31.5 Å². The summed E-state index contributed by atoms with van der Waals surface area (Å²) in [6, 6.07) is 0. The number of hydrogen-bond acceptors (Lipinski definition) is 6. The van der Waals surface area contributed by atoms with Crippen molar-refractivity contribution in [1.29, 1.82) is 0 Å². The normalized spacial score (nSPS) is 11.5. The Kier molecular flexibility index (Phi) is 30.0. The molecule has 0 aliphatic rings. The van der Waals surface area contributed by atoms with E-state index in [4.69, 9.17) is 19.0 Å². The second-order valence-corrected chi connectivity index (χ2v) is 12.0. The van der Waals surface area contributed by atoms with Crippen molar-refractivity contribution in [2.75, 3.05) is 13.2 Å². The summed E-state index contributed by atoms with van der Waals surface area (Å²) in [5.41, 5.74) is 0. The van der Waals surface area contributed by atoms with Gasteiger partial charge in [-0.15, -0.1) is 0 Å². The maximum Gasteiger partial charge on any atom is 0.0828 e. The molecule has 0 aromatic rings. The zero-order valence-corrected chi connectivity index (χ0v) is 25.5. The molecule has 0 heterocycles. The van der Waals surface area contributed by atoms with Gasteiger partial charge in [-0.25, -0.2) is 0 Å². The van der Waals surface area contributed by atoms with Crippen LogP contribution in [0.3, 0.4) is 0 Å². The molecular weight excluding hydrogens is 475 g/mol. The van der Waals surface area contributed by atoms with E-state index in [1.807, 2.05) is 41.5 Å². The summed E-state index contributed by atoms with van der Waals surface area (Å²) >= 11 is -2.18.